The fourth-order valence-corrected chi connectivity index (χ4v) is 2.70. The molecule has 2 aliphatic rings. The molecule has 2 rings (SSSR count). The molecule has 3 atom stereocenters. The zero-order valence-electron chi connectivity index (χ0n) is 9.24. The third kappa shape index (κ3) is 2.59. The lowest BCUT2D eigenvalue weighted by atomic mass is 9.94. The number of ether oxygens (including phenoxy) is 1. The standard InChI is InChI=1S/C12H19NO2/c1-2-15-12(14)8-13-7-11-6-9-3-4-10(11)5-9/h3-4,9-11,13H,2,5-8H2,1H3. The highest BCUT2D eigenvalue weighted by Gasteiger charge is 2.34. The topological polar surface area (TPSA) is 38.3 Å². The first kappa shape index (κ1) is 10.7. The summed E-state index contributed by atoms with van der Waals surface area (Å²) in [5.41, 5.74) is 0. The molecule has 0 heterocycles. The summed E-state index contributed by atoms with van der Waals surface area (Å²) in [4.78, 5) is 11.1. The van der Waals surface area contributed by atoms with Crippen molar-refractivity contribution >= 4 is 5.97 Å². The number of nitrogens with one attached hydrogen (secondary N) is 1. The maximum Gasteiger partial charge on any atom is 0.319 e. The van der Waals surface area contributed by atoms with Gasteiger partial charge in [-0.1, -0.05) is 12.2 Å². The molecule has 3 unspecified atom stereocenters. The third-order valence-electron chi connectivity index (χ3n) is 3.40. The van der Waals surface area contributed by atoms with Crippen molar-refractivity contribution in [2.45, 2.75) is 19.8 Å². The first-order valence-corrected chi connectivity index (χ1v) is 5.84. The van der Waals surface area contributed by atoms with Crippen LogP contribution in [0.2, 0.25) is 0 Å². The van der Waals surface area contributed by atoms with Gasteiger partial charge in [0.1, 0.15) is 0 Å². The van der Waals surface area contributed by atoms with Crippen molar-refractivity contribution in [2.24, 2.45) is 17.8 Å². The smallest absolute Gasteiger partial charge is 0.319 e. The van der Waals surface area contributed by atoms with Crippen LogP contribution in [0.4, 0.5) is 0 Å². The Hall–Kier alpha value is -0.830. The molecule has 2 bridgehead atoms. The minimum absolute atomic E-state index is 0.142. The Morgan fingerprint density at radius 3 is 2.93 bits per heavy atom. The molecule has 0 saturated heterocycles. The van der Waals surface area contributed by atoms with Crippen molar-refractivity contribution in [3.05, 3.63) is 12.2 Å². The molecule has 0 aromatic heterocycles. The van der Waals surface area contributed by atoms with Gasteiger partial charge in [0.15, 0.2) is 0 Å². The highest BCUT2D eigenvalue weighted by atomic mass is 16.5. The molecule has 3 heteroatoms. The van der Waals surface area contributed by atoms with E-state index in [1.54, 1.807) is 0 Å². The first-order chi connectivity index (χ1) is 7.29. The number of esters is 1. The molecule has 0 spiro atoms. The minimum Gasteiger partial charge on any atom is -0.465 e. The van der Waals surface area contributed by atoms with E-state index in [0.29, 0.717) is 13.2 Å². The van der Waals surface area contributed by atoms with Gasteiger partial charge in [0, 0.05) is 0 Å². The Kier molecular flexibility index (Phi) is 3.41. The molecule has 3 nitrogen and oxygen atoms in total. The highest BCUT2D eigenvalue weighted by Crippen LogP contribution is 2.42. The molecule has 0 aromatic carbocycles. The normalized spacial score (nSPS) is 32.2. The molecule has 2 aliphatic carbocycles. The van der Waals surface area contributed by atoms with E-state index in [4.69, 9.17) is 4.74 Å². The van der Waals surface area contributed by atoms with Crippen LogP contribution < -0.4 is 5.32 Å². The maximum atomic E-state index is 11.1. The van der Waals surface area contributed by atoms with E-state index < -0.39 is 0 Å². The quantitative estimate of drug-likeness (QED) is 0.548. The second-order valence-electron chi connectivity index (χ2n) is 4.48. The van der Waals surface area contributed by atoms with Crippen LogP contribution in [0.1, 0.15) is 19.8 Å². The van der Waals surface area contributed by atoms with Gasteiger partial charge in [-0.25, -0.2) is 0 Å². The molecule has 1 saturated carbocycles. The number of hydrogen-bond donors (Lipinski definition) is 1. The summed E-state index contributed by atoms with van der Waals surface area (Å²) in [7, 11) is 0. The minimum atomic E-state index is -0.142. The fourth-order valence-electron chi connectivity index (χ4n) is 2.70. The first-order valence-electron chi connectivity index (χ1n) is 5.84. The summed E-state index contributed by atoms with van der Waals surface area (Å²) in [6.45, 7) is 3.60. The fraction of sp³-hybridized carbons (Fsp3) is 0.750. The summed E-state index contributed by atoms with van der Waals surface area (Å²) >= 11 is 0. The van der Waals surface area contributed by atoms with E-state index >= 15 is 0 Å². The largest absolute Gasteiger partial charge is 0.465 e. The summed E-state index contributed by atoms with van der Waals surface area (Å²) in [5, 5.41) is 3.19. The molecule has 1 N–H and O–H groups in total. The van der Waals surface area contributed by atoms with Crippen LogP contribution in [0, 0.1) is 17.8 Å². The zero-order chi connectivity index (χ0) is 10.7. The van der Waals surface area contributed by atoms with Crippen LogP contribution >= 0.6 is 0 Å². The van der Waals surface area contributed by atoms with Crippen LogP contribution in [0.5, 0.6) is 0 Å². The monoisotopic (exact) mass is 209 g/mol. The molecular weight excluding hydrogens is 190 g/mol. The van der Waals surface area contributed by atoms with Crippen LogP contribution in [0.25, 0.3) is 0 Å². The summed E-state index contributed by atoms with van der Waals surface area (Å²) in [6.07, 6.45) is 7.29. The Labute approximate surface area is 90.9 Å². The average Bonchev–Trinajstić information content (AvgIpc) is 2.79. The van der Waals surface area contributed by atoms with Crippen molar-refractivity contribution in [3.8, 4) is 0 Å². The highest BCUT2D eigenvalue weighted by molar-refractivity contribution is 5.71. The molecule has 84 valence electrons. The lowest BCUT2D eigenvalue weighted by Crippen LogP contribution is -2.31. The van der Waals surface area contributed by atoms with Crippen LogP contribution in [-0.2, 0) is 9.53 Å². The predicted molar refractivity (Wildman–Crippen MR) is 58.3 cm³/mol. The van der Waals surface area contributed by atoms with E-state index in [1.807, 2.05) is 6.92 Å². The van der Waals surface area contributed by atoms with E-state index in [9.17, 15) is 4.79 Å². The second kappa shape index (κ2) is 4.79. The van der Waals surface area contributed by atoms with Gasteiger partial charge in [0.05, 0.1) is 13.2 Å². The number of allylic oxidation sites excluding steroid dienone is 2. The Balaban J connectivity index is 1.63. The van der Waals surface area contributed by atoms with Crippen LogP contribution in [-0.4, -0.2) is 25.7 Å². The van der Waals surface area contributed by atoms with Gasteiger partial charge in [-0.3, -0.25) is 4.79 Å². The maximum absolute atomic E-state index is 11.1. The molecule has 0 aromatic rings. The Bertz CT molecular complexity index is 262. The van der Waals surface area contributed by atoms with E-state index in [-0.39, 0.29) is 5.97 Å². The molecule has 0 aliphatic heterocycles. The third-order valence-corrected chi connectivity index (χ3v) is 3.40. The van der Waals surface area contributed by atoms with Crippen molar-refractivity contribution in [2.75, 3.05) is 19.7 Å². The zero-order valence-corrected chi connectivity index (χ0v) is 9.24. The van der Waals surface area contributed by atoms with Gasteiger partial charge in [-0.15, -0.1) is 0 Å². The lowest BCUT2D eigenvalue weighted by molar-refractivity contribution is -0.142. The summed E-state index contributed by atoms with van der Waals surface area (Å²) in [6, 6.07) is 0. The number of hydrogen-bond acceptors (Lipinski definition) is 3. The molecular formula is C12H19NO2. The van der Waals surface area contributed by atoms with E-state index in [0.717, 1.165) is 24.3 Å². The van der Waals surface area contributed by atoms with E-state index in [1.165, 1.54) is 12.8 Å². The number of carbonyl (C=O) groups excluding carboxylic acids is 1. The summed E-state index contributed by atoms with van der Waals surface area (Å²) < 4.78 is 4.85. The predicted octanol–water partition coefficient (Wildman–Crippen LogP) is 1.35. The Morgan fingerprint density at radius 1 is 1.47 bits per heavy atom. The second-order valence-corrected chi connectivity index (χ2v) is 4.48. The van der Waals surface area contributed by atoms with Gasteiger partial charge < -0.3 is 10.1 Å². The van der Waals surface area contributed by atoms with Crippen LogP contribution in [0.3, 0.4) is 0 Å². The Morgan fingerprint density at radius 2 is 2.33 bits per heavy atom. The number of fused-ring (bicyclic) bond motifs is 2. The lowest BCUT2D eigenvalue weighted by Gasteiger charge is -2.18. The van der Waals surface area contributed by atoms with Gasteiger partial charge in [0.2, 0.25) is 0 Å². The van der Waals surface area contributed by atoms with Gasteiger partial charge in [-0.2, -0.15) is 0 Å². The molecule has 0 radical (unpaired) electrons. The number of rotatable bonds is 5. The van der Waals surface area contributed by atoms with Gasteiger partial charge in [-0.05, 0) is 44.1 Å². The van der Waals surface area contributed by atoms with Gasteiger partial charge in [0.25, 0.3) is 0 Å². The van der Waals surface area contributed by atoms with Crippen molar-refractivity contribution in [1.82, 2.24) is 5.32 Å². The average molecular weight is 209 g/mol. The van der Waals surface area contributed by atoms with Gasteiger partial charge >= 0.3 is 5.97 Å². The van der Waals surface area contributed by atoms with Crippen LogP contribution in [0.15, 0.2) is 12.2 Å². The molecule has 1 fully saturated rings. The molecule has 15 heavy (non-hydrogen) atoms. The molecule has 0 amide bonds. The van der Waals surface area contributed by atoms with Crippen molar-refractivity contribution in [3.63, 3.8) is 0 Å². The van der Waals surface area contributed by atoms with E-state index in [2.05, 4.69) is 17.5 Å². The SMILES string of the molecule is CCOC(=O)CNCC1CC2C=CC1C2. The van der Waals surface area contributed by atoms with Crippen molar-refractivity contribution in [1.29, 1.82) is 0 Å². The number of carbonyl (C=O) groups is 1. The summed E-state index contributed by atoms with van der Waals surface area (Å²) in [5.74, 6) is 2.15. The van der Waals surface area contributed by atoms with Crippen molar-refractivity contribution < 1.29 is 9.53 Å².